The molecule has 0 amide bonds. The van der Waals surface area contributed by atoms with Crippen molar-refractivity contribution in [3.05, 3.63) is 22.6 Å². The Morgan fingerprint density at radius 3 is 2.00 bits per heavy atom. The molecule has 1 saturated heterocycles. The molecule has 7 nitrogen and oxygen atoms in total. The molecule has 2 rings (SSSR count). The van der Waals surface area contributed by atoms with Gasteiger partial charge < -0.3 is 14.2 Å². The van der Waals surface area contributed by atoms with E-state index in [9.17, 15) is 4.91 Å². The Kier molecular flexibility index (Phi) is 5.21. The van der Waals surface area contributed by atoms with Crippen LogP contribution in [0.4, 0.5) is 0 Å². The van der Waals surface area contributed by atoms with E-state index < -0.39 is 0 Å². The standard InChI is InChI=1S/C14H21N3O4/c1-19-12-8-11(9-13(20-2)14(12)21-3)10-16-4-6-17(15-18)7-5-16/h8-9H,4-7,10H2,1-3H3. The highest BCUT2D eigenvalue weighted by Gasteiger charge is 2.19. The minimum atomic E-state index is 0.596. The Morgan fingerprint density at radius 1 is 1.00 bits per heavy atom. The minimum absolute atomic E-state index is 0.596. The molecular formula is C14H21N3O4. The van der Waals surface area contributed by atoms with Crippen LogP contribution in [0.2, 0.25) is 0 Å². The number of ether oxygens (including phenoxy) is 3. The highest BCUT2D eigenvalue weighted by molar-refractivity contribution is 5.53. The molecule has 0 aromatic heterocycles. The van der Waals surface area contributed by atoms with Crippen LogP contribution in [0, 0.1) is 4.91 Å². The second kappa shape index (κ2) is 7.12. The number of rotatable bonds is 6. The van der Waals surface area contributed by atoms with Crippen molar-refractivity contribution in [3.63, 3.8) is 0 Å². The first-order chi connectivity index (χ1) is 10.2. The lowest BCUT2D eigenvalue weighted by Gasteiger charge is -2.31. The fraction of sp³-hybridized carbons (Fsp3) is 0.571. The third kappa shape index (κ3) is 3.55. The topological polar surface area (TPSA) is 63.6 Å². The molecule has 1 aliphatic rings. The number of benzene rings is 1. The van der Waals surface area contributed by atoms with Crippen molar-refractivity contribution in [2.75, 3.05) is 47.5 Å². The molecule has 0 unspecified atom stereocenters. The van der Waals surface area contributed by atoms with Gasteiger partial charge in [0.25, 0.3) is 0 Å². The monoisotopic (exact) mass is 295 g/mol. The molecular weight excluding hydrogens is 274 g/mol. The van der Waals surface area contributed by atoms with Crippen LogP contribution in [0.25, 0.3) is 0 Å². The first kappa shape index (κ1) is 15.4. The number of hydrogen-bond donors (Lipinski definition) is 0. The molecule has 0 saturated carbocycles. The molecule has 7 heteroatoms. The van der Waals surface area contributed by atoms with E-state index in [4.69, 9.17) is 14.2 Å². The van der Waals surface area contributed by atoms with Gasteiger partial charge in [-0.25, -0.2) is 0 Å². The fourth-order valence-corrected chi connectivity index (χ4v) is 2.46. The van der Waals surface area contributed by atoms with Crippen molar-refractivity contribution < 1.29 is 14.2 Å². The quantitative estimate of drug-likeness (QED) is 0.741. The van der Waals surface area contributed by atoms with Gasteiger partial charge in [0, 0.05) is 19.6 Å². The van der Waals surface area contributed by atoms with Crippen LogP contribution in [-0.2, 0) is 6.54 Å². The summed E-state index contributed by atoms with van der Waals surface area (Å²) in [5.41, 5.74) is 1.08. The normalized spacial score (nSPS) is 15.7. The summed E-state index contributed by atoms with van der Waals surface area (Å²) in [7, 11) is 4.80. The van der Waals surface area contributed by atoms with Gasteiger partial charge in [0.15, 0.2) is 11.5 Å². The zero-order valence-electron chi connectivity index (χ0n) is 12.7. The summed E-state index contributed by atoms with van der Waals surface area (Å²) in [6.07, 6.45) is 0. The molecule has 0 spiro atoms. The van der Waals surface area contributed by atoms with Gasteiger partial charge in [0.05, 0.1) is 39.7 Å². The van der Waals surface area contributed by atoms with Gasteiger partial charge in [-0.15, -0.1) is 4.91 Å². The highest BCUT2D eigenvalue weighted by atomic mass is 16.5. The molecule has 21 heavy (non-hydrogen) atoms. The van der Waals surface area contributed by atoms with Gasteiger partial charge in [0.1, 0.15) is 0 Å². The Balaban J connectivity index is 2.11. The van der Waals surface area contributed by atoms with E-state index in [-0.39, 0.29) is 0 Å². The zero-order valence-corrected chi connectivity index (χ0v) is 12.7. The maximum absolute atomic E-state index is 10.5. The van der Waals surface area contributed by atoms with Gasteiger partial charge in [-0.3, -0.25) is 9.91 Å². The number of methoxy groups -OCH3 is 3. The van der Waals surface area contributed by atoms with Gasteiger partial charge in [-0.2, -0.15) is 0 Å². The Labute approximate surface area is 124 Å². The third-order valence-corrected chi connectivity index (χ3v) is 3.59. The van der Waals surface area contributed by atoms with E-state index in [0.717, 1.165) is 25.2 Å². The number of piperazine rings is 1. The number of nitroso groups, excluding NO2 is 1. The molecule has 1 aromatic carbocycles. The van der Waals surface area contributed by atoms with Crippen LogP contribution < -0.4 is 14.2 Å². The van der Waals surface area contributed by atoms with Crippen molar-refractivity contribution in [2.45, 2.75) is 6.54 Å². The smallest absolute Gasteiger partial charge is 0.203 e. The van der Waals surface area contributed by atoms with Crippen molar-refractivity contribution >= 4 is 0 Å². The first-order valence-corrected chi connectivity index (χ1v) is 6.81. The summed E-state index contributed by atoms with van der Waals surface area (Å²) in [6.45, 7) is 3.70. The van der Waals surface area contributed by atoms with Crippen molar-refractivity contribution in [1.82, 2.24) is 9.91 Å². The van der Waals surface area contributed by atoms with E-state index in [1.54, 1.807) is 26.3 Å². The van der Waals surface area contributed by atoms with E-state index in [2.05, 4.69) is 10.2 Å². The Bertz CT molecular complexity index is 462. The largest absolute Gasteiger partial charge is 0.493 e. The summed E-state index contributed by atoms with van der Waals surface area (Å²) >= 11 is 0. The molecule has 1 aliphatic heterocycles. The average Bonchev–Trinajstić information content (AvgIpc) is 2.54. The predicted octanol–water partition coefficient (Wildman–Crippen LogP) is 1.51. The van der Waals surface area contributed by atoms with Crippen molar-refractivity contribution in [3.8, 4) is 17.2 Å². The Morgan fingerprint density at radius 2 is 1.57 bits per heavy atom. The maximum Gasteiger partial charge on any atom is 0.203 e. The first-order valence-electron chi connectivity index (χ1n) is 6.81. The van der Waals surface area contributed by atoms with Gasteiger partial charge in [0.2, 0.25) is 5.75 Å². The SMILES string of the molecule is COc1cc(CN2CCN(N=O)CC2)cc(OC)c1OC. The summed E-state index contributed by atoms with van der Waals surface area (Å²) < 4.78 is 16.0. The molecule has 0 radical (unpaired) electrons. The molecule has 1 aromatic rings. The van der Waals surface area contributed by atoms with Crippen LogP contribution in [0.1, 0.15) is 5.56 Å². The van der Waals surface area contributed by atoms with Crippen LogP contribution in [-0.4, -0.2) is 57.4 Å². The minimum Gasteiger partial charge on any atom is -0.493 e. The van der Waals surface area contributed by atoms with Crippen LogP contribution in [0.5, 0.6) is 17.2 Å². The third-order valence-electron chi connectivity index (χ3n) is 3.59. The summed E-state index contributed by atoms with van der Waals surface area (Å²) in [6, 6.07) is 3.90. The van der Waals surface area contributed by atoms with Gasteiger partial charge in [-0.05, 0) is 17.7 Å². The van der Waals surface area contributed by atoms with E-state index >= 15 is 0 Å². The van der Waals surface area contributed by atoms with Crippen LogP contribution in [0.3, 0.4) is 0 Å². The second-order valence-electron chi connectivity index (χ2n) is 4.85. The summed E-state index contributed by atoms with van der Waals surface area (Å²) in [5.74, 6) is 1.90. The average molecular weight is 295 g/mol. The Hall–Kier alpha value is -2.02. The number of nitrogens with zero attached hydrogens (tertiary/aromatic N) is 3. The van der Waals surface area contributed by atoms with Crippen molar-refractivity contribution in [1.29, 1.82) is 0 Å². The van der Waals surface area contributed by atoms with Gasteiger partial charge >= 0.3 is 0 Å². The van der Waals surface area contributed by atoms with Gasteiger partial charge in [-0.1, -0.05) is 0 Å². The lowest BCUT2D eigenvalue weighted by atomic mass is 10.1. The highest BCUT2D eigenvalue weighted by Crippen LogP contribution is 2.38. The number of hydrogen-bond acceptors (Lipinski definition) is 6. The molecule has 0 N–H and O–H groups in total. The lowest BCUT2D eigenvalue weighted by Crippen LogP contribution is -2.43. The summed E-state index contributed by atoms with van der Waals surface area (Å²) in [5, 5.41) is 4.51. The van der Waals surface area contributed by atoms with Crippen molar-refractivity contribution in [2.24, 2.45) is 5.29 Å². The molecule has 1 heterocycles. The van der Waals surface area contributed by atoms with Crippen LogP contribution in [0.15, 0.2) is 17.4 Å². The van der Waals surface area contributed by atoms with E-state index in [0.29, 0.717) is 30.3 Å². The maximum atomic E-state index is 10.5. The second-order valence-corrected chi connectivity index (χ2v) is 4.85. The molecule has 116 valence electrons. The lowest BCUT2D eigenvalue weighted by molar-refractivity contribution is 0.129. The molecule has 0 aliphatic carbocycles. The van der Waals surface area contributed by atoms with E-state index in [1.165, 1.54) is 0 Å². The summed E-state index contributed by atoms with van der Waals surface area (Å²) in [4.78, 5) is 12.7. The van der Waals surface area contributed by atoms with E-state index in [1.807, 2.05) is 12.1 Å². The molecule has 1 fully saturated rings. The van der Waals surface area contributed by atoms with Crippen LogP contribution >= 0.6 is 0 Å². The molecule has 0 atom stereocenters. The zero-order chi connectivity index (χ0) is 15.2. The predicted molar refractivity (Wildman–Crippen MR) is 78.7 cm³/mol. The fourth-order valence-electron chi connectivity index (χ4n) is 2.46. The molecule has 0 bridgehead atoms.